The van der Waals surface area contributed by atoms with Crippen molar-refractivity contribution in [1.82, 2.24) is 0 Å². The lowest BCUT2D eigenvalue weighted by molar-refractivity contribution is -0.297. The van der Waals surface area contributed by atoms with E-state index in [-0.39, 0.29) is 11.3 Å². The van der Waals surface area contributed by atoms with Crippen molar-refractivity contribution in [2.45, 2.75) is 32.6 Å². The molecule has 1 aromatic rings. The largest absolute Gasteiger partial charge is 0.545 e. The Labute approximate surface area is 135 Å². The number of rotatable bonds is 9. The number of carboxylic acids is 1. The number of esters is 1. The molecule has 0 heterocycles. The Bertz CT molecular complexity index is 580. The summed E-state index contributed by atoms with van der Waals surface area (Å²) in [7, 11) is 0. The van der Waals surface area contributed by atoms with Crippen LogP contribution in [-0.2, 0) is 14.3 Å². The molecule has 1 rings (SSSR count). The van der Waals surface area contributed by atoms with E-state index < -0.39 is 17.8 Å². The molecule has 0 bridgehead atoms. The molecule has 0 saturated heterocycles. The summed E-state index contributed by atoms with van der Waals surface area (Å²) in [6.45, 7) is 2.42. The van der Waals surface area contributed by atoms with E-state index in [9.17, 15) is 19.5 Å². The minimum atomic E-state index is -1.47. The summed E-state index contributed by atoms with van der Waals surface area (Å²) in [5.41, 5.74) is 0.484. The first-order chi connectivity index (χ1) is 11.0. The second kappa shape index (κ2) is 10.2. The Kier molecular flexibility index (Phi) is 8.13. The van der Waals surface area contributed by atoms with Crippen LogP contribution < -0.4 is 10.4 Å². The van der Waals surface area contributed by atoms with Crippen LogP contribution in [0.3, 0.4) is 0 Å². The molecule has 0 unspecified atom stereocenters. The normalized spacial score (nSPS) is 10.5. The Hall–Kier alpha value is -2.63. The number of aliphatic carboxylic acids is 1. The topological polar surface area (TPSA) is 95.5 Å². The van der Waals surface area contributed by atoms with Crippen molar-refractivity contribution < 1.29 is 24.2 Å². The van der Waals surface area contributed by atoms with Gasteiger partial charge in [0.05, 0.1) is 23.8 Å². The summed E-state index contributed by atoms with van der Waals surface area (Å²) in [5, 5.41) is 12.7. The van der Waals surface area contributed by atoms with Gasteiger partial charge in [0.2, 0.25) is 5.91 Å². The van der Waals surface area contributed by atoms with E-state index in [4.69, 9.17) is 4.74 Å². The number of carbonyl (C=O) groups excluding carboxylic acids is 3. The predicted octanol–water partition coefficient (Wildman–Crippen LogP) is 1.67. The molecule has 0 aliphatic rings. The Morgan fingerprint density at radius 3 is 2.57 bits per heavy atom. The van der Waals surface area contributed by atoms with Crippen molar-refractivity contribution in [2.75, 3.05) is 11.9 Å². The van der Waals surface area contributed by atoms with Crippen molar-refractivity contribution in [3.05, 3.63) is 42.0 Å². The summed E-state index contributed by atoms with van der Waals surface area (Å²) in [4.78, 5) is 33.9. The van der Waals surface area contributed by atoms with Crippen LogP contribution in [0.2, 0.25) is 0 Å². The van der Waals surface area contributed by atoms with Crippen molar-refractivity contribution in [3.8, 4) is 0 Å². The zero-order valence-electron chi connectivity index (χ0n) is 13.0. The van der Waals surface area contributed by atoms with Crippen LogP contribution in [-0.4, -0.2) is 24.5 Å². The molecule has 0 spiro atoms. The van der Waals surface area contributed by atoms with Crippen molar-refractivity contribution in [2.24, 2.45) is 0 Å². The lowest BCUT2D eigenvalue weighted by Gasteiger charge is -2.10. The number of ether oxygens (including phenoxy) is 1. The predicted molar refractivity (Wildman–Crippen MR) is 83.6 cm³/mol. The molecular weight excluding hydrogens is 298 g/mol. The molecule has 1 N–H and O–H groups in total. The molecule has 0 atom stereocenters. The SMILES string of the molecule is CCCCCCOC(=O)c1ccccc1NC(=O)C=CC(=O)[O-]. The van der Waals surface area contributed by atoms with Gasteiger partial charge < -0.3 is 20.0 Å². The van der Waals surface area contributed by atoms with E-state index in [1.54, 1.807) is 18.2 Å². The number of unbranched alkanes of at least 4 members (excludes halogenated alkanes) is 3. The maximum Gasteiger partial charge on any atom is 0.340 e. The first-order valence-corrected chi connectivity index (χ1v) is 7.50. The quantitative estimate of drug-likeness (QED) is 0.424. The van der Waals surface area contributed by atoms with Crippen LogP contribution >= 0.6 is 0 Å². The standard InChI is InChI=1S/C17H21NO5/c1-2-3-4-7-12-23-17(22)13-8-5-6-9-14(13)18-15(19)10-11-16(20)21/h5-6,8-11H,2-4,7,12H2,1H3,(H,18,19)(H,20,21)/p-1. The smallest absolute Gasteiger partial charge is 0.340 e. The van der Waals surface area contributed by atoms with Gasteiger partial charge in [-0.15, -0.1) is 0 Å². The molecule has 6 nitrogen and oxygen atoms in total. The fourth-order valence-electron chi connectivity index (χ4n) is 1.86. The first kappa shape index (κ1) is 18.4. The van der Waals surface area contributed by atoms with Gasteiger partial charge in [-0.05, 0) is 24.6 Å². The third-order valence-corrected chi connectivity index (χ3v) is 3.01. The fraction of sp³-hybridized carbons (Fsp3) is 0.353. The average molecular weight is 318 g/mol. The van der Waals surface area contributed by atoms with Crippen molar-refractivity contribution in [1.29, 1.82) is 0 Å². The monoisotopic (exact) mass is 318 g/mol. The molecule has 23 heavy (non-hydrogen) atoms. The van der Waals surface area contributed by atoms with E-state index in [2.05, 4.69) is 12.2 Å². The van der Waals surface area contributed by atoms with Gasteiger partial charge in [0.15, 0.2) is 0 Å². The third kappa shape index (κ3) is 7.26. The highest BCUT2D eigenvalue weighted by molar-refractivity contribution is 6.06. The minimum Gasteiger partial charge on any atom is -0.545 e. The second-order valence-corrected chi connectivity index (χ2v) is 4.88. The maximum absolute atomic E-state index is 12.1. The zero-order chi connectivity index (χ0) is 17.1. The van der Waals surface area contributed by atoms with Crippen molar-refractivity contribution >= 4 is 23.5 Å². The molecule has 0 aliphatic heterocycles. The van der Waals surface area contributed by atoms with Gasteiger partial charge in [-0.2, -0.15) is 0 Å². The fourth-order valence-corrected chi connectivity index (χ4v) is 1.86. The molecule has 1 amide bonds. The summed E-state index contributed by atoms with van der Waals surface area (Å²) < 4.78 is 5.18. The number of carboxylic acid groups (broad SMARTS) is 1. The highest BCUT2D eigenvalue weighted by Crippen LogP contribution is 2.16. The van der Waals surface area contributed by atoms with E-state index in [1.165, 1.54) is 6.07 Å². The van der Waals surface area contributed by atoms with Gasteiger partial charge in [-0.1, -0.05) is 38.3 Å². The number of nitrogens with one attached hydrogen (secondary N) is 1. The van der Waals surface area contributed by atoms with Crippen molar-refractivity contribution in [3.63, 3.8) is 0 Å². The average Bonchev–Trinajstić information content (AvgIpc) is 2.53. The third-order valence-electron chi connectivity index (χ3n) is 3.01. The molecule has 0 aliphatic carbocycles. The molecule has 0 fully saturated rings. The lowest BCUT2D eigenvalue weighted by atomic mass is 10.1. The Morgan fingerprint density at radius 1 is 1.13 bits per heavy atom. The van der Waals surface area contributed by atoms with E-state index in [0.29, 0.717) is 12.7 Å². The summed E-state index contributed by atoms with van der Waals surface area (Å²) in [6, 6.07) is 6.38. The summed E-state index contributed by atoms with van der Waals surface area (Å²) in [5.74, 6) is -2.67. The van der Waals surface area contributed by atoms with E-state index in [1.807, 2.05) is 0 Å². The number of anilines is 1. The molecule has 124 valence electrons. The summed E-state index contributed by atoms with van der Waals surface area (Å²) in [6.07, 6.45) is 5.42. The number of benzene rings is 1. The molecule has 0 saturated carbocycles. The molecular formula is C17H20NO5-. The Balaban J connectivity index is 2.64. The van der Waals surface area contributed by atoms with Crippen LogP contribution in [0.5, 0.6) is 0 Å². The van der Waals surface area contributed by atoms with Crippen LogP contribution in [0.15, 0.2) is 36.4 Å². The maximum atomic E-state index is 12.1. The lowest BCUT2D eigenvalue weighted by Crippen LogP contribution is -2.20. The number of hydrogen-bond acceptors (Lipinski definition) is 5. The number of hydrogen-bond donors (Lipinski definition) is 1. The minimum absolute atomic E-state index is 0.221. The van der Waals surface area contributed by atoms with Gasteiger partial charge in [-0.25, -0.2) is 4.79 Å². The van der Waals surface area contributed by atoms with Gasteiger partial charge in [0.25, 0.3) is 0 Å². The van der Waals surface area contributed by atoms with Gasteiger partial charge >= 0.3 is 5.97 Å². The molecule has 0 aromatic heterocycles. The number of amides is 1. The van der Waals surface area contributed by atoms with Crippen LogP contribution in [0.4, 0.5) is 5.69 Å². The molecule has 0 radical (unpaired) electrons. The molecule has 1 aromatic carbocycles. The van der Waals surface area contributed by atoms with Gasteiger partial charge in [0.1, 0.15) is 0 Å². The summed E-state index contributed by atoms with van der Waals surface area (Å²) >= 11 is 0. The van der Waals surface area contributed by atoms with E-state index >= 15 is 0 Å². The van der Waals surface area contributed by atoms with Crippen LogP contribution in [0.25, 0.3) is 0 Å². The first-order valence-electron chi connectivity index (χ1n) is 7.50. The van der Waals surface area contributed by atoms with Crippen LogP contribution in [0, 0.1) is 0 Å². The second-order valence-electron chi connectivity index (χ2n) is 4.88. The van der Waals surface area contributed by atoms with Gasteiger partial charge in [-0.3, -0.25) is 4.79 Å². The zero-order valence-corrected chi connectivity index (χ0v) is 13.0. The highest BCUT2D eigenvalue weighted by Gasteiger charge is 2.13. The number of para-hydroxylation sites is 1. The van der Waals surface area contributed by atoms with Gasteiger partial charge in [0, 0.05) is 6.08 Å². The Morgan fingerprint density at radius 2 is 1.87 bits per heavy atom. The van der Waals surface area contributed by atoms with Crippen LogP contribution in [0.1, 0.15) is 43.0 Å². The van der Waals surface area contributed by atoms with E-state index in [0.717, 1.165) is 31.8 Å². The number of carbonyl (C=O) groups is 3. The highest BCUT2D eigenvalue weighted by atomic mass is 16.5. The molecule has 6 heteroatoms.